The quantitative estimate of drug-likeness (QED) is 0.336. The van der Waals surface area contributed by atoms with Crippen LogP contribution >= 0.6 is 0 Å². The molecule has 1 heterocycles. The number of benzene rings is 4. The SMILES string of the molecule is C(=N\N1CCCc2ccccc21)/c1ccc(N(c2ccccc2)c2ccccc2)cc1. The maximum Gasteiger partial charge on any atom is 0.0625 e. The molecule has 1 aliphatic rings. The number of hydrazone groups is 1. The summed E-state index contributed by atoms with van der Waals surface area (Å²) in [6, 6.07) is 38.1. The molecule has 1 aliphatic heterocycles. The lowest BCUT2D eigenvalue weighted by Gasteiger charge is -2.26. The van der Waals surface area contributed by atoms with Crippen molar-refractivity contribution in [1.29, 1.82) is 0 Å². The summed E-state index contributed by atoms with van der Waals surface area (Å²) in [5.41, 5.74) is 7.09. The molecule has 0 unspecified atom stereocenters. The van der Waals surface area contributed by atoms with Crippen molar-refractivity contribution in [2.24, 2.45) is 5.10 Å². The van der Waals surface area contributed by atoms with E-state index in [1.807, 2.05) is 18.3 Å². The fourth-order valence-corrected chi connectivity index (χ4v) is 4.08. The van der Waals surface area contributed by atoms with Crippen LogP contribution in [0.25, 0.3) is 0 Å². The van der Waals surface area contributed by atoms with Crippen molar-refractivity contribution >= 4 is 29.0 Å². The molecule has 0 N–H and O–H groups in total. The van der Waals surface area contributed by atoms with E-state index in [2.05, 4.69) is 107 Å². The van der Waals surface area contributed by atoms with Crippen molar-refractivity contribution in [2.75, 3.05) is 16.5 Å². The summed E-state index contributed by atoms with van der Waals surface area (Å²) in [4.78, 5) is 2.27. The molecule has 0 radical (unpaired) electrons. The number of nitrogens with zero attached hydrogens (tertiary/aromatic N) is 3. The number of rotatable bonds is 5. The van der Waals surface area contributed by atoms with Crippen LogP contribution in [0.15, 0.2) is 114 Å². The van der Waals surface area contributed by atoms with Gasteiger partial charge in [0.1, 0.15) is 0 Å². The van der Waals surface area contributed by atoms with Crippen LogP contribution < -0.4 is 9.91 Å². The van der Waals surface area contributed by atoms with Crippen molar-refractivity contribution in [2.45, 2.75) is 12.8 Å². The van der Waals surface area contributed by atoms with Gasteiger partial charge >= 0.3 is 0 Å². The minimum atomic E-state index is 0.960. The third-order valence-corrected chi connectivity index (χ3v) is 5.61. The van der Waals surface area contributed by atoms with Gasteiger partial charge in [0.05, 0.1) is 11.9 Å². The summed E-state index contributed by atoms with van der Waals surface area (Å²) >= 11 is 0. The fraction of sp³-hybridized carbons (Fsp3) is 0.107. The number of fused-ring (bicyclic) bond motifs is 1. The van der Waals surface area contributed by atoms with E-state index < -0.39 is 0 Å². The molecule has 0 spiro atoms. The Bertz CT molecular complexity index is 1110. The summed E-state index contributed by atoms with van der Waals surface area (Å²) in [6.45, 7) is 0.960. The summed E-state index contributed by atoms with van der Waals surface area (Å²) in [5, 5.41) is 6.90. The van der Waals surface area contributed by atoms with E-state index in [1.54, 1.807) is 0 Å². The van der Waals surface area contributed by atoms with Crippen molar-refractivity contribution in [3.8, 4) is 0 Å². The van der Waals surface area contributed by atoms with Gasteiger partial charge in [-0.1, -0.05) is 66.7 Å². The standard InChI is InChI=1S/C28H25N3/c1-3-12-25(13-4-1)31(26-14-5-2-6-15-26)27-19-17-23(18-20-27)22-29-30-21-9-11-24-10-7-8-16-28(24)30/h1-8,10,12-20,22H,9,11,21H2/b29-22+. The first-order valence-corrected chi connectivity index (χ1v) is 10.8. The van der Waals surface area contributed by atoms with Gasteiger partial charge in [0.15, 0.2) is 0 Å². The molecule has 0 aliphatic carbocycles. The third-order valence-electron chi connectivity index (χ3n) is 5.61. The number of para-hydroxylation sites is 3. The molecule has 4 aromatic carbocycles. The zero-order valence-corrected chi connectivity index (χ0v) is 17.4. The predicted octanol–water partition coefficient (Wildman–Crippen LogP) is 6.94. The number of anilines is 4. The fourth-order valence-electron chi connectivity index (χ4n) is 4.08. The molecule has 4 aromatic rings. The van der Waals surface area contributed by atoms with Crippen LogP contribution in [0.1, 0.15) is 17.5 Å². The van der Waals surface area contributed by atoms with E-state index in [1.165, 1.54) is 11.3 Å². The number of aryl methyl sites for hydroxylation is 1. The van der Waals surface area contributed by atoms with Crippen molar-refractivity contribution in [3.63, 3.8) is 0 Å². The Labute approximate surface area is 183 Å². The van der Waals surface area contributed by atoms with Gasteiger partial charge in [-0.25, -0.2) is 0 Å². The highest BCUT2D eigenvalue weighted by Crippen LogP contribution is 2.34. The number of hydrogen-bond acceptors (Lipinski definition) is 3. The molecule has 0 saturated heterocycles. The molecule has 0 amide bonds. The summed E-state index contributed by atoms with van der Waals surface area (Å²) < 4.78 is 0. The monoisotopic (exact) mass is 403 g/mol. The molecule has 152 valence electrons. The predicted molar refractivity (Wildman–Crippen MR) is 131 cm³/mol. The molecular weight excluding hydrogens is 378 g/mol. The lowest BCUT2D eigenvalue weighted by atomic mass is 10.0. The molecule has 3 nitrogen and oxygen atoms in total. The van der Waals surface area contributed by atoms with Crippen LogP contribution in [0.3, 0.4) is 0 Å². The van der Waals surface area contributed by atoms with Crippen molar-refractivity contribution in [1.82, 2.24) is 0 Å². The van der Waals surface area contributed by atoms with Gasteiger partial charge in [0, 0.05) is 23.6 Å². The number of hydrogen-bond donors (Lipinski definition) is 0. The van der Waals surface area contributed by atoms with Gasteiger partial charge in [-0.15, -0.1) is 0 Å². The smallest absolute Gasteiger partial charge is 0.0625 e. The zero-order chi connectivity index (χ0) is 20.9. The van der Waals surface area contributed by atoms with Crippen molar-refractivity contribution in [3.05, 3.63) is 120 Å². The van der Waals surface area contributed by atoms with Crippen LogP contribution in [0, 0.1) is 0 Å². The molecular formula is C28H25N3. The molecule has 31 heavy (non-hydrogen) atoms. The second kappa shape index (κ2) is 8.88. The Morgan fingerprint density at radius 3 is 1.90 bits per heavy atom. The Morgan fingerprint density at radius 1 is 0.645 bits per heavy atom. The highest BCUT2D eigenvalue weighted by atomic mass is 15.5. The second-order valence-electron chi connectivity index (χ2n) is 7.70. The normalized spacial score (nSPS) is 13.2. The van der Waals surface area contributed by atoms with E-state index in [9.17, 15) is 0 Å². The molecule has 0 aromatic heterocycles. The van der Waals surface area contributed by atoms with E-state index in [0.717, 1.165) is 42.0 Å². The van der Waals surface area contributed by atoms with Gasteiger partial charge in [0.2, 0.25) is 0 Å². The molecule has 0 bridgehead atoms. The highest BCUT2D eigenvalue weighted by molar-refractivity contribution is 5.83. The minimum Gasteiger partial charge on any atom is -0.311 e. The maximum absolute atomic E-state index is 4.78. The van der Waals surface area contributed by atoms with Crippen LogP contribution in [0.4, 0.5) is 22.7 Å². The van der Waals surface area contributed by atoms with Gasteiger partial charge in [-0.05, 0) is 66.4 Å². The Balaban J connectivity index is 1.41. The van der Waals surface area contributed by atoms with Crippen LogP contribution in [-0.4, -0.2) is 12.8 Å². The minimum absolute atomic E-state index is 0.960. The Kier molecular flexibility index (Phi) is 5.48. The lowest BCUT2D eigenvalue weighted by molar-refractivity contribution is 0.717. The topological polar surface area (TPSA) is 18.8 Å². The molecule has 3 heteroatoms. The summed E-state index contributed by atoms with van der Waals surface area (Å²) in [7, 11) is 0. The first-order chi connectivity index (χ1) is 15.4. The van der Waals surface area contributed by atoms with E-state index >= 15 is 0 Å². The van der Waals surface area contributed by atoms with Crippen molar-refractivity contribution < 1.29 is 0 Å². The highest BCUT2D eigenvalue weighted by Gasteiger charge is 2.15. The Morgan fingerprint density at radius 2 is 1.23 bits per heavy atom. The van der Waals surface area contributed by atoms with Gasteiger partial charge < -0.3 is 4.90 Å². The Hall–Kier alpha value is -3.85. The first kappa shape index (κ1) is 19.1. The summed E-state index contributed by atoms with van der Waals surface area (Å²) in [5.74, 6) is 0. The van der Waals surface area contributed by atoms with Crippen LogP contribution in [-0.2, 0) is 6.42 Å². The van der Waals surface area contributed by atoms with E-state index in [4.69, 9.17) is 5.10 Å². The van der Waals surface area contributed by atoms with Gasteiger partial charge in [-0.2, -0.15) is 5.10 Å². The van der Waals surface area contributed by atoms with Crippen LogP contribution in [0.2, 0.25) is 0 Å². The lowest BCUT2D eigenvalue weighted by Crippen LogP contribution is -2.24. The zero-order valence-electron chi connectivity index (χ0n) is 17.4. The van der Waals surface area contributed by atoms with Crippen LogP contribution in [0.5, 0.6) is 0 Å². The molecule has 0 atom stereocenters. The molecule has 0 saturated carbocycles. The average molecular weight is 404 g/mol. The average Bonchev–Trinajstić information content (AvgIpc) is 2.85. The second-order valence-corrected chi connectivity index (χ2v) is 7.70. The van der Waals surface area contributed by atoms with Gasteiger partial charge in [0.25, 0.3) is 0 Å². The maximum atomic E-state index is 4.78. The summed E-state index contributed by atoms with van der Waals surface area (Å²) in [6.07, 6.45) is 4.23. The third kappa shape index (κ3) is 4.22. The van der Waals surface area contributed by atoms with E-state index in [0.29, 0.717) is 0 Å². The first-order valence-electron chi connectivity index (χ1n) is 10.8. The van der Waals surface area contributed by atoms with E-state index in [-0.39, 0.29) is 0 Å². The largest absolute Gasteiger partial charge is 0.311 e. The molecule has 5 rings (SSSR count). The van der Waals surface area contributed by atoms with Gasteiger partial charge in [-0.3, -0.25) is 5.01 Å². The molecule has 0 fully saturated rings.